The molecule has 0 saturated carbocycles. The first kappa shape index (κ1) is 13.1. The standard InChI is InChI=1S/C14H19NO3/c1-14(6-3-7-18-14)13(16)17-10-12-5-2-4-11(8-12)9-15/h2,4-5,8H,3,6-7,9-10,15H2,1H3. The number of carbonyl (C=O) groups excluding carboxylic acids is 1. The van der Waals surface area contributed by atoms with Gasteiger partial charge in [-0.1, -0.05) is 24.3 Å². The Kier molecular flexibility index (Phi) is 3.99. The fourth-order valence-corrected chi connectivity index (χ4v) is 2.09. The van der Waals surface area contributed by atoms with Gasteiger partial charge >= 0.3 is 5.97 Å². The Morgan fingerprint density at radius 1 is 1.50 bits per heavy atom. The molecule has 1 fully saturated rings. The zero-order valence-electron chi connectivity index (χ0n) is 10.6. The monoisotopic (exact) mass is 249 g/mol. The highest BCUT2D eigenvalue weighted by Gasteiger charge is 2.39. The van der Waals surface area contributed by atoms with Gasteiger partial charge in [0.1, 0.15) is 6.61 Å². The van der Waals surface area contributed by atoms with Gasteiger partial charge in [0.05, 0.1) is 0 Å². The van der Waals surface area contributed by atoms with E-state index in [4.69, 9.17) is 15.2 Å². The third-order valence-corrected chi connectivity index (χ3v) is 3.25. The van der Waals surface area contributed by atoms with Crippen LogP contribution in [0, 0.1) is 0 Å². The van der Waals surface area contributed by atoms with Gasteiger partial charge in [-0.05, 0) is 30.9 Å². The van der Waals surface area contributed by atoms with Gasteiger partial charge < -0.3 is 15.2 Å². The molecule has 1 saturated heterocycles. The van der Waals surface area contributed by atoms with Crippen LogP contribution in [0.1, 0.15) is 30.9 Å². The number of hydrogen-bond acceptors (Lipinski definition) is 4. The van der Waals surface area contributed by atoms with Crippen LogP contribution in [0.4, 0.5) is 0 Å². The summed E-state index contributed by atoms with van der Waals surface area (Å²) in [6.07, 6.45) is 1.64. The maximum atomic E-state index is 11.9. The molecule has 0 radical (unpaired) electrons. The van der Waals surface area contributed by atoms with E-state index < -0.39 is 5.60 Å². The smallest absolute Gasteiger partial charge is 0.338 e. The Morgan fingerprint density at radius 2 is 2.28 bits per heavy atom. The topological polar surface area (TPSA) is 61.5 Å². The lowest BCUT2D eigenvalue weighted by molar-refractivity contribution is -0.166. The van der Waals surface area contributed by atoms with Crippen LogP contribution in [0.25, 0.3) is 0 Å². The van der Waals surface area contributed by atoms with Gasteiger partial charge in [0.25, 0.3) is 0 Å². The van der Waals surface area contributed by atoms with Crippen molar-refractivity contribution in [2.24, 2.45) is 5.73 Å². The van der Waals surface area contributed by atoms with Crippen LogP contribution in [-0.2, 0) is 27.4 Å². The molecule has 2 N–H and O–H groups in total. The fourth-order valence-electron chi connectivity index (χ4n) is 2.09. The van der Waals surface area contributed by atoms with Gasteiger partial charge in [0.15, 0.2) is 5.60 Å². The fraction of sp³-hybridized carbons (Fsp3) is 0.500. The van der Waals surface area contributed by atoms with Crippen LogP contribution in [0.2, 0.25) is 0 Å². The molecule has 1 aromatic rings. The van der Waals surface area contributed by atoms with E-state index in [0.717, 1.165) is 24.0 Å². The summed E-state index contributed by atoms with van der Waals surface area (Å²) in [6.45, 7) is 3.18. The molecule has 0 aromatic heterocycles. The van der Waals surface area contributed by atoms with Crippen molar-refractivity contribution in [1.82, 2.24) is 0 Å². The molecule has 1 unspecified atom stereocenters. The largest absolute Gasteiger partial charge is 0.459 e. The van der Waals surface area contributed by atoms with E-state index >= 15 is 0 Å². The number of rotatable bonds is 4. The Morgan fingerprint density at radius 3 is 2.94 bits per heavy atom. The van der Waals surface area contributed by atoms with Crippen LogP contribution in [0.5, 0.6) is 0 Å². The first-order valence-electron chi connectivity index (χ1n) is 6.23. The Labute approximate surface area is 107 Å². The van der Waals surface area contributed by atoms with E-state index in [2.05, 4.69) is 0 Å². The maximum absolute atomic E-state index is 11.9. The highest BCUT2D eigenvalue weighted by Crippen LogP contribution is 2.26. The third kappa shape index (κ3) is 2.89. The molecule has 0 spiro atoms. The summed E-state index contributed by atoms with van der Waals surface area (Å²) in [7, 11) is 0. The summed E-state index contributed by atoms with van der Waals surface area (Å²) in [5, 5.41) is 0. The molecular formula is C14H19NO3. The summed E-state index contributed by atoms with van der Waals surface area (Å²) in [5.74, 6) is -0.279. The van der Waals surface area contributed by atoms with Gasteiger partial charge in [0.2, 0.25) is 0 Å². The van der Waals surface area contributed by atoms with Crippen LogP contribution < -0.4 is 5.73 Å². The lowest BCUT2D eigenvalue weighted by Gasteiger charge is -2.20. The zero-order chi connectivity index (χ0) is 13.0. The summed E-state index contributed by atoms with van der Waals surface area (Å²) in [6, 6.07) is 7.74. The van der Waals surface area contributed by atoms with E-state index in [1.165, 1.54) is 0 Å². The summed E-state index contributed by atoms with van der Waals surface area (Å²) in [5.41, 5.74) is 6.79. The number of ether oxygens (including phenoxy) is 2. The molecular weight excluding hydrogens is 230 g/mol. The van der Waals surface area contributed by atoms with Crippen LogP contribution >= 0.6 is 0 Å². The molecule has 98 valence electrons. The van der Waals surface area contributed by atoms with Crippen molar-refractivity contribution in [3.63, 3.8) is 0 Å². The number of esters is 1. The normalized spacial score (nSPS) is 23.0. The maximum Gasteiger partial charge on any atom is 0.338 e. The molecule has 0 aliphatic carbocycles. The minimum absolute atomic E-state index is 0.269. The third-order valence-electron chi connectivity index (χ3n) is 3.25. The number of benzene rings is 1. The molecule has 0 amide bonds. The van der Waals surface area contributed by atoms with E-state index in [-0.39, 0.29) is 12.6 Å². The second-order valence-corrected chi connectivity index (χ2v) is 4.78. The lowest BCUT2D eigenvalue weighted by Crippen LogP contribution is -2.35. The summed E-state index contributed by atoms with van der Waals surface area (Å²) in [4.78, 5) is 11.9. The Hall–Kier alpha value is -1.39. The molecule has 4 nitrogen and oxygen atoms in total. The van der Waals surface area contributed by atoms with Gasteiger partial charge in [-0.3, -0.25) is 0 Å². The van der Waals surface area contributed by atoms with Crippen molar-refractivity contribution in [3.8, 4) is 0 Å². The van der Waals surface area contributed by atoms with Crippen molar-refractivity contribution in [3.05, 3.63) is 35.4 Å². The van der Waals surface area contributed by atoms with Crippen LogP contribution in [0.15, 0.2) is 24.3 Å². The molecule has 1 heterocycles. The molecule has 1 aliphatic heterocycles. The van der Waals surface area contributed by atoms with Crippen molar-refractivity contribution in [1.29, 1.82) is 0 Å². The van der Waals surface area contributed by atoms with Crippen molar-refractivity contribution in [2.75, 3.05) is 6.61 Å². The zero-order valence-corrected chi connectivity index (χ0v) is 10.6. The molecule has 1 aromatic carbocycles. The minimum Gasteiger partial charge on any atom is -0.459 e. The summed E-state index contributed by atoms with van der Waals surface area (Å²) >= 11 is 0. The van der Waals surface area contributed by atoms with E-state index in [9.17, 15) is 4.79 Å². The lowest BCUT2D eigenvalue weighted by atomic mass is 10.0. The minimum atomic E-state index is -0.758. The molecule has 0 bridgehead atoms. The van der Waals surface area contributed by atoms with E-state index in [0.29, 0.717) is 13.2 Å². The van der Waals surface area contributed by atoms with E-state index in [1.807, 2.05) is 24.3 Å². The average molecular weight is 249 g/mol. The van der Waals surface area contributed by atoms with Crippen molar-refractivity contribution in [2.45, 2.75) is 38.5 Å². The predicted molar refractivity (Wildman–Crippen MR) is 67.7 cm³/mol. The second-order valence-electron chi connectivity index (χ2n) is 4.78. The number of hydrogen-bond donors (Lipinski definition) is 1. The molecule has 1 atom stereocenters. The van der Waals surface area contributed by atoms with Gasteiger partial charge in [-0.25, -0.2) is 4.79 Å². The molecule has 1 aliphatic rings. The van der Waals surface area contributed by atoms with E-state index in [1.54, 1.807) is 6.92 Å². The number of carbonyl (C=O) groups is 1. The van der Waals surface area contributed by atoms with Gasteiger partial charge in [-0.15, -0.1) is 0 Å². The molecule has 18 heavy (non-hydrogen) atoms. The molecule has 4 heteroatoms. The Bertz CT molecular complexity index is 425. The van der Waals surface area contributed by atoms with Crippen LogP contribution in [0.3, 0.4) is 0 Å². The van der Waals surface area contributed by atoms with Crippen molar-refractivity contribution < 1.29 is 14.3 Å². The predicted octanol–water partition coefficient (Wildman–Crippen LogP) is 1.76. The Balaban J connectivity index is 1.92. The number of nitrogens with two attached hydrogens (primary N) is 1. The highest BCUT2D eigenvalue weighted by molar-refractivity contribution is 5.79. The van der Waals surface area contributed by atoms with Crippen LogP contribution in [-0.4, -0.2) is 18.2 Å². The first-order valence-corrected chi connectivity index (χ1v) is 6.23. The van der Waals surface area contributed by atoms with Gasteiger partial charge in [0, 0.05) is 13.2 Å². The van der Waals surface area contributed by atoms with Crippen molar-refractivity contribution >= 4 is 5.97 Å². The average Bonchev–Trinajstić information content (AvgIpc) is 2.84. The SMILES string of the molecule is CC1(C(=O)OCc2cccc(CN)c2)CCCO1. The quantitative estimate of drug-likeness (QED) is 0.826. The second kappa shape index (κ2) is 5.50. The van der Waals surface area contributed by atoms with Gasteiger partial charge in [-0.2, -0.15) is 0 Å². The first-order chi connectivity index (χ1) is 8.64. The summed E-state index contributed by atoms with van der Waals surface area (Å²) < 4.78 is 10.8. The highest BCUT2D eigenvalue weighted by atomic mass is 16.6. The molecule has 2 rings (SSSR count).